The molecule has 2 saturated carbocycles. The van der Waals surface area contributed by atoms with Crippen LogP contribution in [0.15, 0.2) is 23.1 Å². The maximum Gasteiger partial charge on any atom is 0.225 e. The van der Waals surface area contributed by atoms with Crippen LogP contribution in [0.4, 0.5) is 4.39 Å². The first-order valence-electron chi connectivity index (χ1n) is 8.24. The smallest absolute Gasteiger partial charge is 0.225 e. The number of sulfone groups is 1. The predicted octanol–water partition coefficient (Wildman–Crippen LogP) is 1.78. The summed E-state index contributed by atoms with van der Waals surface area (Å²) in [5, 5.41) is 2.90. The molecule has 2 aliphatic carbocycles. The first-order chi connectivity index (χ1) is 11.2. The number of nitrogens with one attached hydrogen (secondary N) is 1. The second kappa shape index (κ2) is 6.11. The standard InChI is InChI=1S/C17H23FN2O3S/c1-9(10-5-6-14(13(18)8-10)24(2,22)23)20-17(21)15-11-3-4-12(7-11)16(15)19/h5-6,8-9,11-12,15-16H,3-4,7,19H2,1-2H3,(H,20,21). The summed E-state index contributed by atoms with van der Waals surface area (Å²) >= 11 is 0. The molecule has 1 aromatic rings. The van der Waals surface area contributed by atoms with Gasteiger partial charge < -0.3 is 11.1 Å². The van der Waals surface area contributed by atoms with Crippen molar-refractivity contribution in [3.05, 3.63) is 29.6 Å². The Morgan fingerprint density at radius 3 is 2.54 bits per heavy atom. The minimum absolute atomic E-state index is 0.0882. The Hall–Kier alpha value is -1.47. The maximum absolute atomic E-state index is 14.0. The lowest BCUT2D eigenvalue weighted by atomic mass is 9.84. The van der Waals surface area contributed by atoms with Gasteiger partial charge in [-0.15, -0.1) is 0 Å². The molecular weight excluding hydrogens is 331 g/mol. The van der Waals surface area contributed by atoms with Crippen LogP contribution in [0.1, 0.15) is 37.8 Å². The van der Waals surface area contributed by atoms with E-state index in [0.717, 1.165) is 25.5 Å². The van der Waals surface area contributed by atoms with Gasteiger partial charge in [0.1, 0.15) is 10.7 Å². The third-order valence-electron chi connectivity index (χ3n) is 5.50. The zero-order chi connectivity index (χ0) is 17.6. The summed E-state index contributed by atoms with van der Waals surface area (Å²) in [5.41, 5.74) is 6.72. The van der Waals surface area contributed by atoms with Gasteiger partial charge in [-0.2, -0.15) is 0 Å². The van der Waals surface area contributed by atoms with E-state index in [-0.39, 0.29) is 22.8 Å². The van der Waals surface area contributed by atoms with E-state index in [1.807, 2.05) is 0 Å². The molecule has 0 radical (unpaired) electrons. The zero-order valence-corrected chi connectivity index (χ0v) is 14.6. The van der Waals surface area contributed by atoms with Crippen molar-refractivity contribution in [2.45, 2.75) is 43.2 Å². The van der Waals surface area contributed by atoms with Crippen LogP contribution in [0, 0.1) is 23.6 Å². The van der Waals surface area contributed by atoms with Gasteiger partial charge in [-0.25, -0.2) is 12.8 Å². The van der Waals surface area contributed by atoms with Gasteiger partial charge in [0.15, 0.2) is 9.84 Å². The summed E-state index contributed by atoms with van der Waals surface area (Å²) in [6.07, 6.45) is 4.13. The van der Waals surface area contributed by atoms with Gasteiger partial charge in [-0.05, 0) is 55.7 Å². The van der Waals surface area contributed by atoms with Crippen LogP contribution in [-0.2, 0) is 14.6 Å². The van der Waals surface area contributed by atoms with Gasteiger partial charge in [0.25, 0.3) is 0 Å². The van der Waals surface area contributed by atoms with E-state index in [4.69, 9.17) is 5.73 Å². The fourth-order valence-electron chi connectivity index (χ4n) is 4.20. The van der Waals surface area contributed by atoms with Crippen LogP contribution in [-0.4, -0.2) is 26.6 Å². The van der Waals surface area contributed by atoms with Gasteiger partial charge in [0.05, 0.1) is 12.0 Å². The minimum atomic E-state index is -3.60. The molecule has 7 heteroatoms. The van der Waals surface area contributed by atoms with E-state index in [0.29, 0.717) is 17.4 Å². The molecule has 24 heavy (non-hydrogen) atoms. The highest BCUT2D eigenvalue weighted by atomic mass is 32.2. The van der Waals surface area contributed by atoms with Crippen LogP contribution in [0.25, 0.3) is 0 Å². The van der Waals surface area contributed by atoms with Crippen molar-refractivity contribution >= 4 is 15.7 Å². The first kappa shape index (κ1) is 17.4. The molecule has 0 spiro atoms. The molecule has 0 saturated heterocycles. The first-order valence-corrected chi connectivity index (χ1v) is 10.1. The van der Waals surface area contributed by atoms with Crippen LogP contribution in [0.3, 0.4) is 0 Å². The number of benzene rings is 1. The maximum atomic E-state index is 14.0. The molecule has 132 valence electrons. The number of rotatable bonds is 4. The number of carbonyl (C=O) groups is 1. The van der Waals surface area contributed by atoms with Crippen molar-refractivity contribution in [2.75, 3.05) is 6.26 Å². The molecule has 0 aliphatic heterocycles. The molecule has 2 bridgehead atoms. The number of amides is 1. The average Bonchev–Trinajstić information content (AvgIpc) is 3.06. The lowest BCUT2D eigenvalue weighted by Crippen LogP contribution is -2.45. The highest BCUT2D eigenvalue weighted by Gasteiger charge is 2.49. The fourth-order valence-corrected chi connectivity index (χ4v) is 4.93. The molecular formula is C17H23FN2O3S. The van der Waals surface area contributed by atoms with Crippen molar-refractivity contribution in [3.8, 4) is 0 Å². The molecule has 3 N–H and O–H groups in total. The summed E-state index contributed by atoms with van der Waals surface area (Å²) in [7, 11) is -3.60. The van der Waals surface area contributed by atoms with Gasteiger partial charge >= 0.3 is 0 Å². The number of hydrogen-bond acceptors (Lipinski definition) is 4. The van der Waals surface area contributed by atoms with Gasteiger partial charge in [0.2, 0.25) is 5.91 Å². The van der Waals surface area contributed by atoms with Crippen LogP contribution < -0.4 is 11.1 Å². The topological polar surface area (TPSA) is 89.3 Å². The van der Waals surface area contributed by atoms with Crippen molar-refractivity contribution in [1.82, 2.24) is 5.32 Å². The summed E-state index contributed by atoms with van der Waals surface area (Å²) < 4.78 is 37.0. The van der Waals surface area contributed by atoms with Crippen molar-refractivity contribution < 1.29 is 17.6 Å². The Morgan fingerprint density at radius 1 is 1.33 bits per heavy atom. The van der Waals surface area contributed by atoms with Crippen molar-refractivity contribution in [3.63, 3.8) is 0 Å². The fraction of sp³-hybridized carbons (Fsp3) is 0.588. The van der Waals surface area contributed by atoms with Crippen molar-refractivity contribution in [1.29, 1.82) is 0 Å². The highest BCUT2D eigenvalue weighted by Crippen LogP contribution is 2.47. The van der Waals surface area contributed by atoms with E-state index >= 15 is 0 Å². The number of nitrogens with two attached hydrogens (primary N) is 1. The molecule has 0 heterocycles. The second-order valence-corrected chi connectivity index (χ2v) is 9.11. The second-order valence-electron chi connectivity index (χ2n) is 7.13. The van der Waals surface area contributed by atoms with Crippen LogP contribution in [0.2, 0.25) is 0 Å². The van der Waals surface area contributed by atoms with E-state index in [1.54, 1.807) is 6.92 Å². The summed E-state index contributed by atoms with van der Waals surface area (Å²) in [6, 6.07) is 3.44. The molecule has 1 aromatic carbocycles. The molecule has 0 aromatic heterocycles. The van der Waals surface area contributed by atoms with Gasteiger partial charge in [-0.3, -0.25) is 4.79 Å². The van der Waals surface area contributed by atoms with E-state index < -0.39 is 21.7 Å². The Morgan fingerprint density at radius 2 is 2.00 bits per heavy atom. The van der Waals surface area contributed by atoms with Gasteiger partial charge in [0, 0.05) is 12.3 Å². The predicted molar refractivity (Wildman–Crippen MR) is 88.4 cm³/mol. The Bertz CT molecular complexity index is 763. The van der Waals surface area contributed by atoms with E-state index in [1.165, 1.54) is 18.2 Å². The molecule has 5 unspecified atom stereocenters. The lowest BCUT2D eigenvalue weighted by molar-refractivity contribution is -0.127. The number of carbonyl (C=O) groups excluding carboxylic acids is 1. The number of hydrogen-bond donors (Lipinski definition) is 2. The van der Waals surface area contributed by atoms with Gasteiger partial charge in [-0.1, -0.05) is 6.07 Å². The van der Waals surface area contributed by atoms with E-state index in [2.05, 4.69) is 5.32 Å². The zero-order valence-electron chi connectivity index (χ0n) is 13.8. The monoisotopic (exact) mass is 354 g/mol. The van der Waals surface area contributed by atoms with Crippen LogP contribution >= 0.6 is 0 Å². The Kier molecular flexibility index (Phi) is 4.42. The van der Waals surface area contributed by atoms with E-state index in [9.17, 15) is 17.6 Å². The largest absolute Gasteiger partial charge is 0.349 e. The molecule has 2 aliphatic rings. The molecule has 3 rings (SSSR count). The van der Waals surface area contributed by atoms with Crippen LogP contribution in [0.5, 0.6) is 0 Å². The summed E-state index contributed by atoms with van der Waals surface area (Å²) in [4.78, 5) is 12.2. The molecule has 5 atom stereocenters. The summed E-state index contributed by atoms with van der Waals surface area (Å²) in [5.74, 6) is -0.275. The highest BCUT2D eigenvalue weighted by molar-refractivity contribution is 7.90. The third-order valence-corrected chi connectivity index (χ3v) is 6.63. The molecule has 2 fully saturated rings. The average molecular weight is 354 g/mol. The number of halogens is 1. The summed E-state index contributed by atoms with van der Waals surface area (Å²) in [6.45, 7) is 1.76. The molecule has 5 nitrogen and oxygen atoms in total. The normalized spacial score (nSPS) is 30.3. The van der Waals surface area contributed by atoms with Crippen molar-refractivity contribution in [2.24, 2.45) is 23.5 Å². The number of fused-ring (bicyclic) bond motifs is 2. The Labute approximate surface area is 141 Å². The Balaban J connectivity index is 1.72. The minimum Gasteiger partial charge on any atom is -0.349 e. The quantitative estimate of drug-likeness (QED) is 0.862. The molecule has 1 amide bonds. The lowest BCUT2D eigenvalue weighted by Gasteiger charge is -2.28. The SMILES string of the molecule is CC(NC(=O)C1C2CCC(C2)C1N)c1ccc(S(C)(=O)=O)c(F)c1. The third kappa shape index (κ3) is 3.07.